The number of halogens is 1. The lowest BCUT2D eigenvalue weighted by Gasteiger charge is -2.21. The second-order valence-corrected chi connectivity index (χ2v) is 4.93. The molecule has 1 heterocycles. The van der Waals surface area contributed by atoms with Crippen LogP contribution in [-0.2, 0) is 4.74 Å². The molecule has 0 bridgehead atoms. The van der Waals surface area contributed by atoms with Gasteiger partial charge in [-0.1, -0.05) is 15.9 Å². The molecule has 1 fully saturated rings. The zero-order valence-corrected chi connectivity index (χ0v) is 9.12. The highest BCUT2D eigenvalue weighted by atomic mass is 79.9. The predicted octanol–water partition coefficient (Wildman–Crippen LogP) is 2.68. The molecule has 1 rings (SSSR count). The van der Waals surface area contributed by atoms with E-state index < -0.39 is 0 Å². The third-order valence-electron chi connectivity index (χ3n) is 1.80. The molecule has 0 aromatic carbocycles. The molecular formula is C8H15BrOS. The summed E-state index contributed by atoms with van der Waals surface area (Å²) >= 11 is 5.55. The second-order valence-electron chi connectivity index (χ2n) is 2.73. The molecular weight excluding hydrogens is 224 g/mol. The fourth-order valence-electron chi connectivity index (χ4n) is 1.15. The van der Waals surface area contributed by atoms with E-state index in [9.17, 15) is 0 Å². The van der Waals surface area contributed by atoms with Crippen molar-refractivity contribution in [3.8, 4) is 0 Å². The van der Waals surface area contributed by atoms with Gasteiger partial charge in [0.1, 0.15) is 0 Å². The average Bonchev–Trinajstić information content (AvgIpc) is 2.07. The minimum absolute atomic E-state index is 0.878. The van der Waals surface area contributed by atoms with Gasteiger partial charge in [-0.25, -0.2) is 0 Å². The minimum atomic E-state index is 0.878. The van der Waals surface area contributed by atoms with Crippen molar-refractivity contribution < 1.29 is 4.74 Å². The fraction of sp³-hybridized carbons (Fsp3) is 1.00. The maximum atomic E-state index is 5.28. The van der Waals surface area contributed by atoms with Crippen molar-refractivity contribution in [2.45, 2.75) is 24.5 Å². The van der Waals surface area contributed by atoms with Crippen LogP contribution >= 0.6 is 27.7 Å². The SMILES string of the molecule is BrCCCSC1CCOCC1. The third kappa shape index (κ3) is 4.38. The first-order valence-electron chi connectivity index (χ1n) is 4.19. The van der Waals surface area contributed by atoms with E-state index in [2.05, 4.69) is 27.7 Å². The lowest BCUT2D eigenvalue weighted by molar-refractivity contribution is 0.100. The van der Waals surface area contributed by atoms with Gasteiger partial charge in [-0.05, 0) is 25.0 Å². The smallest absolute Gasteiger partial charge is 0.0476 e. The van der Waals surface area contributed by atoms with Crippen LogP contribution in [0.25, 0.3) is 0 Å². The first kappa shape index (κ1) is 9.87. The Morgan fingerprint density at radius 1 is 1.36 bits per heavy atom. The summed E-state index contributed by atoms with van der Waals surface area (Å²) in [6, 6.07) is 0. The maximum absolute atomic E-state index is 5.28. The number of thioether (sulfide) groups is 1. The predicted molar refractivity (Wildman–Crippen MR) is 54.7 cm³/mol. The summed E-state index contributed by atoms with van der Waals surface area (Å²) in [7, 11) is 0. The Kier molecular flexibility index (Phi) is 5.68. The van der Waals surface area contributed by atoms with E-state index in [0.717, 1.165) is 23.8 Å². The molecule has 0 unspecified atom stereocenters. The molecule has 0 radical (unpaired) electrons. The Morgan fingerprint density at radius 2 is 2.09 bits per heavy atom. The maximum Gasteiger partial charge on any atom is 0.0476 e. The van der Waals surface area contributed by atoms with Gasteiger partial charge in [0, 0.05) is 23.8 Å². The zero-order valence-electron chi connectivity index (χ0n) is 6.72. The summed E-state index contributed by atoms with van der Waals surface area (Å²) in [5, 5.41) is 2.02. The van der Waals surface area contributed by atoms with Gasteiger partial charge in [-0.15, -0.1) is 0 Å². The fourth-order valence-corrected chi connectivity index (χ4v) is 2.97. The summed E-state index contributed by atoms with van der Waals surface area (Å²) in [4.78, 5) is 0. The van der Waals surface area contributed by atoms with Crippen LogP contribution in [0.2, 0.25) is 0 Å². The highest BCUT2D eigenvalue weighted by Crippen LogP contribution is 2.22. The molecule has 0 saturated carbocycles. The van der Waals surface area contributed by atoms with Gasteiger partial charge in [0.05, 0.1) is 0 Å². The summed E-state index contributed by atoms with van der Waals surface area (Å²) in [5.41, 5.74) is 0. The zero-order chi connectivity index (χ0) is 7.94. The average molecular weight is 239 g/mol. The Balaban J connectivity index is 1.96. The lowest BCUT2D eigenvalue weighted by Crippen LogP contribution is -2.17. The summed E-state index contributed by atoms with van der Waals surface area (Å²) in [5.74, 6) is 1.30. The molecule has 0 aliphatic carbocycles. The van der Waals surface area contributed by atoms with Crippen LogP contribution in [0, 0.1) is 0 Å². The largest absolute Gasteiger partial charge is 0.381 e. The third-order valence-corrected chi connectivity index (χ3v) is 3.83. The van der Waals surface area contributed by atoms with Gasteiger partial charge in [-0.2, -0.15) is 11.8 Å². The molecule has 0 atom stereocenters. The van der Waals surface area contributed by atoms with E-state index in [0.29, 0.717) is 0 Å². The highest BCUT2D eigenvalue weighted by molar-refractivity contribution is 9.09. The van der Waals surface area contributed by atoms with Crippen molar-refractivity contribution >= 4 is 27.7 Å². The van der Waals surface area contributed by atoms with Gasteiger partial charge in [0.2, 0.25) is 0 Å². The molecule has 0 amide bonds. The van der Waals surface area contributed by atoms with Crippen molar-refractivity contribution in [2.75, 3.05) is 24.3 Å². The van der Waals surface area contributed by atoms with Crippen molar-refractivity contribution in [1.29, 1.82) is 0 Å². The van der Waals surface area contributed by atoms with E-state index in [1.165, 1.54) is 25.0 Å². The quantitative estimate of drug-likeness (QED) is 0.551. The van der Waals surface area contributed by atoms with Crippen LogP contribution in [-0.4, -0.2) is 29.5 Å². The highest BCUT2D eigenvalue weighted by Gasteiger charge is 2.12. The molecule has 1 aliphatic rings. The standard InChI is InChI=1S/C8H15BrOS/c9-4-1-7-11-8-2-5-10-6-3-8/h8H,1-7H2. The van der Waals surface area contributed by atoms with Gasteiger partial charge in [-0.3, -0.25) is 0 Å². The van der Waals surface area contributed by atoms with E-state index in [1.807, 2.05) is 0 Å². The van der Waals surface area contributed by atoms with Crippen molar-refractivity contribution in [3.05, 3.63) is 0 Å². The van der Waals surface area contributed by atoms with Crippen molar-refractivity contribution in [3.63, 3.8) is 0 Å². The van der Waals surface area contributed by atoms with Crippen LogP contribution in [0.3, 0.4) is 0 Å². The number of hydrogen-bond donors (Lipinski definition) is 0. The molecule has 11 heavy (non-hydrogen) atoms. The van der Waals surface area contributed by atoms with Gasteiger partial charge in [0.25, 0.3) is 0 Å². The first-order chi connectivity index (χ1) is 5.43. The molecule has 0 aromatic rings. The molecule has 1 nitrogen and oxygen atoms in total. The topological polar surface area (TPSA) is 9.23 Å². The summed E-state index contributed by atoms with van der Waals surface area (Å²) in [6.07, 6.45) is 3.81. The van der Waals surface area contributed by atoms with E-state index >= 15 is 0 Å². The Morgan fingerprint density at radius 3 is 2.73 bits per heavy atom. The van der Waals surface area contributed by atoms with Crippen LogP contribution in [0.5, 0.6) is 0 Å². The van der Waals surface area contributed by atoms with E-state index in [4.69, 9.17) is 4.74 Å². The normalized spacial score (nSPS) is 20.5. The molecule has 1 aliphatic heterocycles. The number of hydrogen-bond acceptors (Lipinski definition) is 2. The minimum Gasteiger partial charge on any atom is -0.381 e. The van der Waals surface area contributed by atoms with Crippen LogP contribution < -0.4 is 0 Å². The molecule has 0 spiro atoms. The molecule has 3 heteroatoms. The lowest BCUT2D eigenvalue weighted by atomic mass is 10.2. The number of ether oxygens (including phenoxy) is 1. The van der Waals surface area contributed by atoms with Crippen molar-refractivity contribution in [2.24, 2.45) is 0 Å². The van der Waals surface area contributed by atoms with Crippen LogP contribution in [0.1, 0.15) is 19.3 Å². The first-order valence-corrected chi connectivity index (χ1v) is 6.36. The van der Waals surface area contributed by atoms with E-state index in [1.54, 1.807) is 0 Å². The Labute approximate surface area is 81.4 Å². The number of alkyl halides is 1. The summed E-state index contributed by atoms with van der Waals surface area (Å²) in [6.45, 7) is 1.96. The second kappa shape index (κ2) is 6.32. The van der Waals surface area contributed by atoms with Crippen LogP contribution in [0.4, 0.5) is 0 Å². The van der Waals surface area contributed by atoms with Gasteiger partial charge >= 0.3 is 0 Å². The number of rotatable bonds is 4. The molecule has 1 saturated heterocycles. The molecule has 0 aromatic heterocycles. The van der Waals surface area contributed by atoms with Gasteiger partial charge in [0.15, 0.2) is 0 Å². The van der Waals surface area contributed by atoms with Gasteiger partial charge < -0.3 is 4.74 Å². The molecule has 66 valence electrons. The molecule has 0 N–H and O–H groups in total. The monoisotopic (exact) mass is 238 g/mol. The summed E-state index contributed by atoms with van der Waals surface area (Å²) < 4.78 is 5.28. The van der Waals surface area contributed by atoms with E-state index in [-0.39, 0.29) is 0 Å². The Bertz CT molecular complexity index is 94.1. The van der Waals surface area contributed by atoms with Crippen molar-refractivity contribution in [1.82, 2.24) is 0 Å². The Hall–Kier alpha value is 0.790. The van der Waals surface area contributed by atoms with Crippen LogP contribution in [0.15, 0.2) is 0 Å².